The van der Waals surface area contributed by atoms with Gasteiger partial charge in [-0.15, -0.1) is 0 Å². The molecule has 0 heterocycles. The lowest BCUT2D eigenvalue weighted by Crippen LogP contribution is -2.05. The van der Waals surface area contributed by atoms with Gasteiger partial charge < -0.3 is 5.73 Å². The molecular weight excluding hydrogens is 172 g/mol. The number of nitrogens with zero attached hydrogens (tertiary/aromatic N) is 1. The summed E-state index contributed by atoms with van der Waals surface area (Å²) in [6.45, 7) is 3.70. The van der Waals surface area contributed by atoms with Gasteiger partial charge in [-0.2, -0.15) is 0 Å². The van der Waals surface area contributed by atoms with Crippen LogP contribution in [0.25, 0.3) is 0 Å². The molecule has 0 spiro atoms. The summed E-state index contributed by atoms with van der Waals surface area (Å²) in [5.41, 5.74) is 8.24. The van der Waals surface area contributed by atoms with E-state index in [0.717, 1.165) is 16.8 Å². The first-order chi connectivity index (χ1) is 6.83. The molecule has 0 unspecified atom stereocenters. The topological polar surface area (TPSA) is 38.4 Å². The molecule has 72 valence electrons. The molecule has 1 aromatic carbocycles. The largest absolute Gasteiger partial charge is 0.404 e. The minimum Gasteiger partial charge on any atom is -0.404 e. The lowest BCUT2D eigenvalue weighted by atomic mass is 10.0. The van der Waals surface area contributed by atoms with Crippen LogP contribution in [0.3, 0.4) is 0 Å². The number of aliphatic imine (C=N–C) groups is 1. The van der Waals surface area contributed by atoms with Crippen molar-refractivity contribution in [3.05, 3.63) is 60.3 Å². The normalized spacial score (nSPS) is 12.6. The Kier molecular flexibility index (Phi) is 3.68. The summed E-state index contributed by atoms with van der Waals surface area (Å²) in [5.74, 6) is 0. The average molecular weight is 186 g/mol. The van der Waals surface area contributed by atoms with Crippen LogP contribution in [0.2, 0.25) is 0 Å². The lowest BCUT2D eigenvalue weighted by molar-refractivity contribution is 1.41. The van der Waals surface area contributed by atoms with Gasteiger partial charge in [0.1, 0.15) is 0 Å². The zero-order valence-electron chi connectivity index (χ0n) is 8.27. The highest BCUT2D eigenvalue weighted by molar-refractivity contribution is 6.14. The van der Waals surface area contributed by atoms with Gasteiger partial charge in [0, 0.05) is 24.4 Å². The van der Waals surface area contributed by atoms with Crippen molar-refractivity contribution in [2.45, 2.75) is 0 Å². The van der Waals surface area contributed by atoms with Crippen molar-refractivity contribution in [3.8, 4) is 0 Å². The Hall–Kier alpha value is -1.83. The highest BCUT2D eigenvalue weighted by atomic mass is 14.7. The van der Waals surface area contributed by atoms with Crippen molar-refractivity contribution in [2.24, 2.45) is 10.7 Å². The van der Waals surface area contributed by atoms with E-state index in [1.54, 1.807) is 13.1 Å². The van der Waals surface area contributed by atoms with Gasteiger partial charge in [-0.25, -0.2) is 0 Å². The van der Waals surface area contributed by atoms with Crippen LogP contribution in [0.1, 0.15) is 5.56 Å². The number of rotatable bonds is 3. The number of nitrogens with two attached hydrogens (primary N) is 1. The second kappa shape index (κ2) is 5.02. The predicted molar refractivity (Wildman–Crippen MR) is 61.4 cm³/mol. The fourth-order valence-electron chi connectivity index (χ4n) is 1.26. The molecule has 0 aliphatic rings. The van der Waals surface area contributed by atoms with Crippen molar-refractivity contribution in [2.75, 3.05) is 7.05 Å². The van der Waals surface area contributed by atoms with Crippen LogP contribution in [0.15, 0.2) is 59.8 Å². The first kappa shape index (κ1) is 10.3. The Bertz CT molecular complexity index is 361. The maximum absolute atomic E-state index is 5.48. The van der Waals surface area contributed by atoms with Gasteiger partial charge in [0.15, 0.2) is 0 Å². The van der Waals surface area contributed by atoms with E-state index in [9.17, 15) is 0 Å². The van der Waals surface area contributed by atoms with Gasteiger partial charge in [0.25, 0.3) is 0 Å². The molecular formula is C12H14N2. The van der Waals surface area contributed by atoms with Crippen LogP contribution in [-0.4, -0.2) is 12.8 Å². The third-order valence-electron chi connectivity index (χ3n) is 1.94. The van der Waals surface area contributed by atoms with Gasteiger partial charge >= 0.3 is 0 Å². The minimum atomic E-state index is 0.846. The standard InChI is InChI=1S/C12H14N2/c1-3-10(9-13)12(14-2)11-7-5-4-6-8-11/h3-9H,1,13H2,2H3. The van der Waals surface area contributed by atoms with Crippen molar-refractivity contribution in [1.82, 2.24) is 0 Å². The molecule has 2 heteroatoms. The van der Waals surface area contributed by atoms with Gasteiger partial charge in [-0.1, -0.05) is 43.0 Å². The van der Waals surface area contributed by atoms with E-state index in [0.29, 0.717) is 0 Å². The monoisotopic (exact) mass is 186 g/mol. The molecule has 0 aliphatic heterocycles. The maximum Gasteiger partial charge on any atom is 0.0729 e. The van der Waals surface area contributed by atoms with E-state index in [4.69, 9.17) is 5.73 Å². The molecule has 0 radical (unpaired) electrons. The average Bonchev–Trinajstić information content (AvgIpc) is 2.27. The molecule has 0 bridgehead atoms. The molecule has 0 amide bonds. The van der Waals surface area contributed by atoms with Crippen LogP contribution in [0.5, 0.6) is 0 Å². The fraction of sp³-hybridized carbons (Fsp3) is 0.0833. The molecule has 0 aromatic heterocycles. The minimum absolute atomic E-state index is 0.846. The summed E-state index contributed by atoms with van der Waals surface area (Å²) in [6.07, 6.45) is 3.22. The molecule has 0 fully saturated rings. The third kappa shape index (κ3) is 2.10. The summed E-state index contributed by atoms with van der Waals surface area (Å²) in [6, 6.07) is 9.90. The molecule has 0 aliphatic carbocycles. The van der Waals surface area contributed by atoms with E-state index in [2.05, 4.69) is 11.6 Å². The van der Waals surface area contributed by atoms with E-state index in [1.807, 2.05) is 30.3 Å². The zero-order chi connectivity index (χ0) is 10.4. The molecule has 0 atom stereocenters. The van der Waals surface area contributed by atoms with Crippen molar-refractivity contribution in [1.29, 1.82) is 0 Å². The molecule has 0 saturated carbocycles. The first-order valence-electron chi connectivity index (χ1n) is 4.40. The number of allylic oxidation sites excluding steroid dienone is 2. The Morgan fingerprint density at radius 3 is 2.43 bits per heavy atom. The number of hydrogen-bond acceptors (Lipinski definition) is 2. The first-order valence-corrected chi connectivity index (χ1v) is 4.40. The Morgan fingerprint density at radius 2 is 2.00 bits per heavy atom. The Morgan fingerprint density at radius 1 is 1.36 bits per heavy atom. The summed E-state index contributed by atoms with van der Waals surface area (Å²) in [4.78, 5) is 4.20. The van der Waals surface area contributed by atoms with Crippen LogP contribution >= 0.6 is 0 Å². The molecule has 1 rings (SSSR count). The maximum atomic E-state index is 5.48. The summed E-state index contributed by atoms with van der Waals surface area (Å²) < 4.78 is 0. The third-order valence-corrected chi connectivity index (χ3v) is 1.94. The van der Waals surface area contributed by atoms with E-state index >= 15 is 0 Å². The summed E-state index contributed by atoms with van der Waals surface area (Å²) in [7, 11) is 1.75. The predicted octanol–water partition coefficient (Wildman–Crippen LogP) is 2.13. The van der Waals surface area contributed by atoms with Gasteiger partial charge in [-0.3, -0.25) is 4.99 Å². The highest BCUT2D eigenvalue weighted by Crippen LogP contribution is 2.09. The number of benzene rings is 1. The van der Waals surface area contributed by atoms with Gasteiger partial charge in [0.05, 0.1) is 5.71 Å². The highest BCUT2D eigenvalue weighted by Gasteiger charge is 2.04. The summed E-state index contributed by atoms with van der Waals surface area (Å²) in [5, 5.41) is 0. The molecule has 2 nitrogen and oxygen atoms in total. The summed E-state index contributed by atoms with van der Waals surface area (Å²) >= 11 is 0. The van der Waals surface area contributed by atoms with Gasteiger partial charge in [0.2, 0.25) is 0 Å². The van der Waals surface area contributed by atoms with Gasteiger partial charge in [-0.05, 0) is 0 Å². The Labute approximate surface area is 84.5 Å². The second-order valence-electron chi connectivity index (χ2n) is 2.76. The SMILES string of the molecule is C=CC(=CN)C(=NC)c1ccccc1. The van der Waals surface area contributed by atoms with E-state index < -0.39 is 0 Å². The zero-order valence-corrected chi connectivity index (χ0v) is 8.27. The lowest BCUT2D eigenvalue weighted by Gasteiger charge is -2.05. The van der Waals surface area contributed by atoms with E-state index in [1.165, 1.54) is 6.20 Å². The quantitative estimate of drug-likeness (QED) is 0.570. The van der Waals surface area contributed by atoms with Crippen molar-refractivity contribution >= 4 is 5.71 Å². The van der Waals surface area contributed by atoms with Crippen molar-refractivity contribution < 1.29 is 0 Å². The Balaban J connectivity index is 3.13. The fourth-order valence-corrected chi connectivity index (χ4v) is 1.26. The molecule has 0 saturated heterocycles. The second-order valence-corrected chi connectivity index (χ2v) is 2.76. The number of hydrogen-bond donors (Lipinski definition) is 1. The molecule has 14 heavy (non-hydrogen) atoms. The molecule has 2 N–H and O–H groups in total. The van der Waals surface area contributed by atoms with Crippen molar-refractivity contribution in [3.63, 3.8) is 0 Å². The molecule has 1 aromatic rings. The van der Waals surface area contributed by atoms with Crippen LogP contribution in [0.4, 0.5) is 0 Å². The van der Waals surface area contributed by atoms with E-state index in [-0.39, 0.29) is 0 Å². The smallest absolute Gasteiger partial charge is 0.0729 e. The van der Waals surface area contributed by atoms with Crippen LogP contribution < -0.4 is 5.73 Å². The van der Waals surface area contributed by atoms with Crippen LogP contribution in [-0.2, 0) is 0 Å². The van der Waals surface area contributed by atoms with Crippen LogP contribution in [0, 0.1) is 0 Å².